The number of benzene rings is 1. The maximum atomic E-state index is 12.7. The van der Waals surface area contributed by atoms with Crippen LogP contribution in [-0.2, 0) is 9.31 Å². The Hall–Kier alpha value is -0.935. The number of nitrogens with one attached hydrogen (secondary N) is 2. The Bertz CT molecular complexity index is 607. The molecule has 0 aliphatic carbocycles. The van der Waals surface area contributed by atoms with Gasteiger partial charge >= 0.3 is 17.1 Å². The molecule has 9 heteroatoms. The lowest BCUT2D eigenvalue weighted by molar-refractivity contribution is 0.00578. The fraction of sp³-hybridized carbons (Fsp3) is 0.533. The maximum Gasteiger partial charge on any atom is 0.494 e. The zero-order chi connectivity index (χ0) is 18.2. The van der Waals surface area contributed by atoms with Gasteiger partial charge in [-0.1, -0.05) is 12.1 Å². The van der Waals surface area contributed by atoms with Crippen LogP contribution in [0.1, 0.15) is 27.7 Å². The molecule has 0 saturated carbocycles. The summed E-state index contributed by atoms with van der Waals surface area (Å²) in [6.45, 7) is 7.06. The molecule has 0 spiro atoms. The lowest BCUT2D eigenvalue weighted by Gasteiger charge is -2.32. The number of carbonyl (C=O) groups is 1. The third-order valence-electron chi connectivity index (χ3n) is 4.12. The molecule has 1 aromatic rings. The van der Waals surface area contributed by atoms with E-state index in [4.69, 9.17) is 9.31 Å². The van der Waals surface area contributed by atoms with E-state index in [9.17, 15) is 13.6 Å². The van der Waals surface area contributed by atoms with Crippen molar-refractivity contribution < 1.29 is 22.9 Å². The average molecular weight is 452 g/mol. The summed E-state index contributed by atoms with van der Waals surface area (Å²) in [4.78, 5) is 11.7. The molecule has 1 aromatic carbocycles. The number of carbonyl (C=O) groups excluding carboxylic acids is 1. The third-order valence-corrected chi connectivity index (χ3v) is 4.50. The van der Waals surface area contributed by atoms with Crippen LogP contribution in [-0.4, -0.2) is 34.8 Å². The van der Waals surface area contributed by atoms with Gasteiger partial charge in [0, 0.05) is 28.3 Å². The van der Waals surface area contributed by atoms with Crippen LogP contribution in [0.3, 0.4) is 0 Å². The van der Waals surface area contributed by atoms with Crippen molar-refractivity contribution in [3.8, 4) is 0 Å². The highest BCUT2D eigenvalue weighted by Crippen LogP contribution is 2.36. The van der Waals surface area contributed by atoms with Gasteiger partial charge in [0.2, 0.25) is 0 Å². The lowest BCUT2D eigenvalue weighted by Crippen LogP contribution is -2.41. The molecule has 0 atom stereocenters. The van der Waals surface area contributed by atoms with E-state index in [2.05, 4.69) is 10.6 Å². The van der Waals surface area contributed by atoms with Crippen molar-refractivity contribution in [1.29, 1.82) is 0 Å². The predicted octanol–water partition coefficient (Wildman–Crippen LogP) is 3.14. The Morgan fingerprint density at radius 3 is 2.38 bits per heavy atom. The summed E-state index contributed by atoms with van der Waals surface area (Å²) in [5.74, 6) is 0. The van der Waals surface area contributed by atoms with Crippen LogP contribution in [0.5, 0.6) is 0 Å². The minimum atomic E-state index is -2.99. The van der Waals surface area contributed by atoms with Crippen molar-refractivity contribution in [2.24, 2.45) is 0 Å². The van der Waals surface area contributed by atoms with Crippen molar-refractivity contribution >= 4 is 46.9 Å². The minimum Gasteiger partial charge on any atom is -0.399 e. The van der Waals surface area contributed by atoms with E-state index in [1.165, 1.54) is 0 Å². The van der Waals surface area contributed by atoms with Gasteiger partial charge in [0.15, 0.2) is 0 Å². The molecule has 0 radical (unpaired) electrons. The number of rotatable bonds is 4. The highest BCUT2D eigenvalue weighted by Gasteiger charge is 2.51. The Balaban J connectivity index is 2.04. The van der Waals surface area contributed by atoms with E-state index < -0.39 is 34.8 Å². The van der Waals surface area contributed by atoms with Crippen LogP contribution in [0.4, 0.5) is 19.3 Å². The van der Waals surface area contributed by atoms with Crippen LogP contribution in [0.15, 0.2) is 24.3 Å². The summed E-state index contributed by atoms with van der Waals surface area (Å²) >= 11 is 0.969. The number of hydrogen-bond acceptors (Lipinski definition) is 3. The van der Waals surface area contributed by atoms with Gasteiger partial charge in [-0.2, -0.15) is 8.78 Å². The van der Waals surface area contributed by atoms with Crippen molar-refractivity contribution in [3.05, 3.63) is 24.3 Å². The summed E-state index contributed by atoms with van der Waals surface area (Å²) in [6, 6.07) is 6.23. The zero-order valence-corrected chi connectivity index (χ0v) is 16.1. The fourth-order valence-corrected chi connectivity index (χ4v) is 2.29. The van der Waals surface area contributed by atoms with E-state index in [1.807, 2.05) is 33.8 Å². The first-order valence-corrected chi connectivity index (χ1v) is 8.55. The number of anilines is 1. The van der Waals surface area contributed by atoms with E-state index in [0.29, 0.717) is 5.69 Å². The molecule has 1 aliphatic heterocycles. The van der Waals surface area contributed by atoms with Gasteiger partial charge in [-0.25, -0.2) is 4.79 Å². The van der Waals surface area contributed by atoms with E-state index in [-0.39, 0.29) is 0 Å². The van der Waals surface area contributed by atoms with E-state index in [1.54, 1.807) is 18.2 Å². The van der Waals surface area contributed by atoms with Crippen molar-refractivity contribution in [2.75, 3.05) is 11.9 Å². The first-order valence-electron chi connectivity index (χ1n) is 7.47. The van der Waals surface area contributed by atoms with Crippen LogP contribution < -0.4 is 16.1 Å². The Kier molecular flexibility index (Phi) is 5.46. The maximum absolute atomic E-state index is 12.7. The topological polar surface area (TPSA) is 59.6 Å². The monoisotopic (exact) mass is 452 g/mol. The van der Waals surface area contributed by atoms with Gasteiger partial charge in [-0.3, -0.25) is 0 Å². The molecular weight excluding hydrogens is 432 g/mol. The van der Waals surface area contributed by atoms with Gasteiger partial charge in [0.1, 0.15) is 0 Å². The fourth-order valence-electron chi connectivity index (χ4n) is 2.10. The van der Waals surface area contributed by atoms with Crippen molar-refractivity contribution in [3.63, 3.8) is 0 Å². The number of halogens is 3. The highest BCUT2D eigenvalue weighted by atomic mass is 127. The molecule has 1 heterocycles. The molecular formula is C15H20BF2IN2O3. The number of urea groups is 1. The minimum absolute atomic E-state index is 0.468. The number of amides is 2. The lowest BCUT2D eigenvalue weighted by atomic mass is 9.79. The molecule has 0 bridgehead atoms. The number of alkyl halides is 3. The first-order chi connectivity index (χ1) is 10.9. The Morgan fingerprint density at radius 2 is 1.83 bits per heavy atom. The van der Waals surface area contributed by atoms with Gasteiger partial charge in [0.25, 0.3) is 0 Å². The Labute approximate surface area is 154 Å². The molecule has 1 saturated heterocycles. The third kappa shape index (κ3) is 4.79. The summed E-state index contributed by atoms with van der Waals surface area (Å²) in [5, 5.41) is 4.64. The quantitative estimate of drug-likeness (QED) is 0.420. The van der Waals surface area contributed by atoms with Crippen molar-refractivity contribution in [1.82, 2.24) is 5.32 Å². The molecule has 2 rings (SSSR count). The molecule has 2 amide bonds. The van der Waals surface area contributed by atoms with Crippen molar-refractivity contribution in [2.45, 2.75) is 42.8 Å². The largest absolute Gasteiger partial charge is 0.494 e. The van der Waals surface area contributed by atoms with E-state index in [0.717, 1.165) is 28.1 Å². The SMILES string of the molecule is CC1(C)OB(c2cccc(NC(=O)NCC(F)(F)I)c2)OC1(C)C. The molecule has 1 aliphatic rings. The van der Waals surface area contributed by atoms with Crippen LogP contribution in [0, 0.1) is 0 Å². The summed E-state index contributed by atoms with van der Waals surface area (Å²) in [7, 11) is -0.557. The summed E-state index contributed by atoms with van der Waals surface area (Å²) < 4.78 is 34.4. The first kappa shape index (κ1) is 19.4. The van der Waals surface area contributed by atoms with Crippen LogP contribution in [0.2, 0.25) is 0 Å². The summed E-state index contributed by atoms with van der Waals surface area (Å²) in [6.07, 6.45) is 0. The van der Waals surface area contributed by atoms with E-state index >= 15 is 0 Å². The van der Waals surface area contributed by atoms with Crippen LogP contribution >= 0.6 is 22.6 Å². The number of hydrogen-bond donors (Lipinski definition) is 2. The second-order valence-corrected chi connectivity index (χ2v) is 8.21. The molecule has 0 unspecified atom stereocenters. The Morgan fingerprint density at radius 1 is 1.25 bits per heavy atom. The molecule has 132 valence electrons. The van der Waals surface area contributed by atoms with Gasteiger partial charge in [0.05, 0.1) is 17.7 Å². The zero-order valence-electron chi connectivity index (χ0n) is 14.0. The molecule has 1 fully saturated rings. The van der Waals surface area contributed by atoms with Gasteiger partial charge in [-0.05, 0) is 45.3 Å². The normalized spacial score (nSPS) is 19.2. The molecule has 5 nitrogen and oxygen atoms in total. The summed E-state index contributed by atoms with van der Waals surface area (Å²) in [5.41, 5.74) is 0.275. The predicted molar refractivity (Wildman–Crippen MR) is 98.1 cm³/mol. The average Bonchev–Trinajstić information content (AvgIpc) is 2.65. The second kappa shape index (κ2) is 6.76. The smallest absolute Gasteiger partial charge is 0.399 e. The van der Waals surface area contributed by atoms with Crippen LogP contribution in [0.25, 0.3) is 0 Å². The highest BCUT2D eigenvalue weighted by molar-refractivity contribution is 14.1. The second-order valence-electron chi connectivity index (χ2n) is 6.64. The molecule has 24 heavy (non-hydrogen) atoms. The molecule has 0 aromatic heterocycles. The standard InChI is InChI=1S/C15H20BF2IN2O3/c1-13(2)14(3,4)24-16(23-13)10-6-5-7-11(8-10)21-12(22)20-9-15(17,18)19/h5-8H,9H2,1-4H3,(H2,20,21,22). The van der Waals surface area contributed by atoms with Gasteiger partial charge in [-0.15, -0.1) is 0 Å². The van der Waals surface area contributed by atoms with Gasteiger partial charge < -0.3 is 19.9 Å². The molecule has 2 N–H and O–H groups in total.